The summed E-state index contributed by atoms with van der Waals surface area (Å²) in [5.74, 6) is 0. The van der Waals surface area contributed by atoms with Crippen molar-refractivity contribution >= 4 is 39.8 Å². The zero-order valence-corrected chi connectivity index (χ0v) is 11.0. The van der Waals surface area contributed by atoms with Crippen LogP contribution in [-0.2, 0) is 0 Å². The Hall–Kier alpha value is -0.920. The van der Waals surface area contributed by atoms with Gasteiger partial charge in [-0.05, 0) is 11.8 Å². The fraction of sp³-hybridized carbons (Fsp3) is 0.250. The summed E-state index contributed by atoms with van der Waals surface area (Å²) < 4.78 is 0.820. The molecule has 0 aliphatic carbocycles. The molecular weight excluding hydrogens is 266 g/mol. The van der Waals surface area contributed by atoms with Crippen LogP contribution in [0.1, 0.15) is 0 Å². The van der Waals surface area contributed by atoms with E-state index in [0.29, 0.717) is 10.2 Å². The molecule has 16 heavy (non-hydrogen) atoms. The minimum absolute atomic E-state index is 0.377. The van der Waals surface area contributed by atoms with E-state index in [2.05, 4.69) is 20.2 Å². The Bertz CT molecular complexity index is 487. The standard InChI is InChI=1S/C8H8ClN5S2/c1-14(2)7-12-13-8(16-7)15-6-4-10-3-5(9)11-6/h3-4H,1-2H3. The summed E-state index contributed by atoms with van der Waals surface area (Å²) >= 11 is 8.64. The van der Waals surface area contributed by atoms with Crippen molar-refractivity contribution in [1.29, 1.82) is 0 Å². The second kappa shape index (κ2) is 4.94. The van der Waals surface area contributed by atoms with Gasteiger partial charge >= 0.3 is 0 Å². The lowest BCUT2D eigenvalue weighted by Crippen LogP contribution is -2.07. The molecule has 0 bridgehead atoms. The molecule has 0 atom stereocenters. The van der Waals surface area contributed by atoms with Gasteiger partial charge in [-0.3, -0.25) is 4.98 Å². The van der Waals surface area contributed by atoms with Crippen LogP contribution >= 0.6 is 34.7 Å². The number of anilines is 1. The molecule has 0 radical (unpaired) electrons. The first kappa shape index (κ1) is 11.6. The molecule has 0 fully saturated rings. The topological polar surface area (TPSA) is 54.8 Å². The van der Waals surface area contributed by atoms with Crippen molar-refractivity contribution in [3.05, 3.63) is 17.5 Å². The Morgan fingerprint density at radius 3 is 2.75 bits per heavy atom. The highest BCUT2D eigenvalue weighted by atomic mass is 35.5. The maximum Gasteiger partial charge on any atom is 0.208 e. The summed E-state index contributed by atoms with van der Waals surface area (Å²) in [4.78, 5) is 9.97. The molecule has 0 saturated heterocycles. The zero-order valence-electron chi connectivity index (χ0n) is 8.59. The third-order valence-electron chi connectivity index (χ3n) is 1.55. The van der Waals surface area contributed by atoms with Crippen molar-refractivity contribution in [3.63, 3.8) is 0 Å². The predicted molar refractivity (Wildman–Crippen MR) is 65.4 cm³/mol. The molecule has 0 aromatic carbocycles. The average molecular weight is 274 g/mol. The number of rotatable bonds is 3. The molecule has 8 heteroatoms. The highest BCUT2D eigenvalue weighted by Gasteiger charge is 2.08. The fourth-order valence-electron chi connectivity index (χ4n) is 0.889. The minimum Gasteiger partial charge on any atom is -0.353 e. The largest absolute Gasteiger partial charge is 0.353 e. The summed E-state index contributed by atoms with van der Waals surface area (Å²) in [6.07, 6.45) is 3.14. The van der Waals surface area contributed by atoms with Crippen LogP contribution in [-0.4, -0.2) is 34.3 Å². The summed E-state index contributed by atoms with van der Waals surface area (Å²) in [5, 5.41) is 10.0. The Morgan fingerprint density at radius 2 is 2.12 bits per heavy atom. The molecule has 84 valence electrons. The minimum atomic E-state index is 0.377. The van der Waals surface area contributed by atoms with Crippen LogP contribution in [0.2, 0.25) is 5.15 Å². The van der Waals surface area contributed by atoms with Crippen LogP contribution in [0.25, 0.3) is 0 Å². The van der Waals surface area contributed by atoms with E-state index in [1.807, 2.05) is 19.0 Å². The van der Waals surface area contributed by atoms with Gasteiger partial charge < -0.3 is 4.90 Å². The van der Waals surface area contributed by atoms with Crippen LogP contribution in [0.3, 0.4) is 0 Å². The second-order valence-corrected chi connectivity index (χ2v) is 5.64. The third-order valence-corrected chi connectivity index (χ3v) is 3.78. The molecule has 0 aliphatic heterocycles. The number of hydrogen-bond acceptors (Lipinski definition) is 7. The van der Waals surface area contributed by atoms with Crippen LogP contribution in [0.4, 0.5) is 5.13 Å². The number of aromatic nitrogens is 4. The van der Waals surface area contributed by atoms with Gasteiger partial charge in [-0.15, -0.1) is 10.2 Å². The summed E-state index contributed by atoms with van der Waals surface area (Å²) in [7, 11) is 3.85. The molecule has 2 heterocycles. The van der Waals surface area contributed by atoms with E-state index in [1.165, 1.54) is 29.3 Å². The van der Waals surface area contributed by atoms with E-state index in [1.54, 1.807) is 6.20 Å². The molecule has 0 unspecified atom stereocenters. The highest BCUT2D eigenvalue weighted by molar-refractivity contribution is 8.01. The molecule has 0 saturated carbocycles. The first-order valence-electron chi connectivity index (χ1n) is 4.31. The van der Waals surface area contributed by atoms with Gasteiger partial charge in [0.1, 0.15) is 10.2 Å². The summed E-state index contributed by atoms with van der Waals surface area (Å²) in [6, 6.07) is 0. The maximum absolute atomic E-state index is 5.74. The van der Waals surface area contributed by atoms with Gasteiger partial charge in [0.15, 0.2) is 4.34 Å². The molecule has 2 aromatic heterocycles. The van der Waals surface area contributed by atoms with Crippen molar-refractivity contribution in [3.8, 4) is 0 Å². The van der Waals surface area contributed by atoms with Gasteiger partial charge in [-0.1, -0.05) is 22.9 Å². The van der Waals surface area contributed by atoms with Gasteiger partial charge in [-0.25, -0.2) is 4.98 Å². The summed E-state index contributed by atoms with van der Waals surface area (Å²) in [6.45, 7) is 0. The van der Waals surface area contributed by atoms with Gasteiger partial charge in [0, 0.05) is 14.1 Å². The number of nitrogens with zero attached hydrogens (tertiary/aromatic N) is 5. The third kappa shape index (κ3) is 2.81. The Morgan fingerprint density at radius 1 is 1.31 bits per heavy atom. The maximum atomic E-state index is 5.74. The fourth-order valence-corrected chi connectivity index (χ4v) is 2.75. The molecule has 0 aliphatic rings. The Kier molecular flexibility index (Phi) is 3.57. The van der Waals surface area contributed by atoms with Crippen LogP contribution < -0.4 is 4.90 Å². The molecule has 2 rings (SSSR count). The monoisotopic (exact) mass is 273 g/mol. The Labute approximate surface area is 106 Å². The van der Waals surface area contributed by atoms with Crippen LogP contribution in [0.15, 0.2) is 21.8 Å². The molecule has 0 spiro atoms. The van der Waals surface area contributed by atoms with Crippen molar-refractivity contribution < 1.29 is 0 Å². The average Bonchev–Trinajstić information content (AvgIpc) is 2.66. The van der Waals surface area contributed by atoms with Gasteiger partial charge in [0.05, 0.1) is 12.4 Å². The SMILES string of the molecule is CN(C)c1nnc(Sc2cncc(Cl)n2)s1. The van der Waals surface area contributed by atoms with E-state index in [4.69, 9.17) is 11.6 Å². The molecule has 0 N–H and O–H groups in total. The predicted octanol–water partition coefficient (Wildman–Crippen LogP) is 2.20. The quantitative estimate of drug-likeness (QED) is 0.855. The van der Waals surface area contributed by atoms with E-state index in [9.17, 15) is 0 Å². The van der Waals surface area contributed by atoms with Crippen molar-refractivity contribution in [2.24, 2.45) is 0 Å². The van der Waals surface area contributed by atoms with Crippen LogP contribution in [0, 0.1) is 0 Å². The highest BCUT2D eigenvalue weighted by Crippen LogP contribution is 2.31. The lowest BCUT2D eigenvalue weighted by Gasteiger charge is -2.03. The van der Waals surface area contributed by atoms with Crippen molar-refractivity contribution in [2.75, 3.05) is 19.0 Å². The van der Waals surface area contributed by atoms with Gasteiger partial charge in [-0.2, -0.15) is 0 Å². The van der Waals surface area contributed by atoms with Gasteiger partial charge in [0.2, 0.25) is 5.13 Å². The second-order valence-electron chi connectivity index (χ2n) is 3.03. The van der Waals surface area contributed by atoms with Crippen molar-refractivity contribution in [2.45, 2.75) is 9.37 Å². The summed E-state index contributed by atoms with van der Waals surface area (Å²) in [5.41, 5.74) is 0. The Balaban J connectivity index is 2.14. The van der Waals surface area contributed by atoms with Gasteiger partial charge in [0.25, 0.3) is 0 Å². The number of halogens is 1. The normalized spacial score (nSPS) is 10.4. The smallest absolute Gasteiger partial charge is 0.208 e. The van der Waals surface area contributed by atoms with E-state index >= 15 is 0 Å². The molecule has 2 aromatic rings. The van der Waals surface area contributed by atoms with E-state index < -0.39 is 0 Å². The van der Waals surface area contributed by atoms with Crippen molar-refractivity contribution in [1.82, 2.24) is 20.2 Å². The first-order valence-corrected chi connectivity index (χ1v) is 6.32. The molecular formula is C8H8ClN5S2. The zero-order chi connectivity index (χ0) is 11.5. The van der Waals surface area contributed by atoms with Crippen LogP contribution in [0.5, 0.6) is 0 Å². The van der Waals surface area contributed by atoms with E-state index in [0.717, 1.165) is 9.47 Å². The molecule has 0 amide bonds. The molecule has 5 nitrogen and oxygen atoms in total. The van der Waals surface area contributed by atoms with E-state index in [-0.39, 0.29) is 0 Å². The number of hydrogen-bond donors (Lipinski definition) is 0. The lowest BCUT2D eigenvalue weighted by atomic mass is 10.8. The lowest BCUT2D eigenvalue weighted by molar-refractivity contribution is 0.968. The first-order chi connectivity index (χ1) is 7.65.